The van der Waals surface area contributed by atoms with Crippen LogP contribution in [0.1, 0.15) is 0 Å². The fourth-order valence-electron chi connectivity index (χ4n) is 2.68. The molecular formula is C17H10F2N2O. The lowest BCUT2D eigenvalue weighted by atomic mass is 10.2. The van der Waals surface area contributed by atoms with Crippen LogP contribution in [0.25, 0.3) is 21.8 Å². The first-order chi connectivity index (χ1) is 10.6. The Labute approximate surface area is 124 Å². The van der Waals surface area contributed by atoms with Gasteiger partial charge in [0, 0.05) is 23.2 Å². The van der Waals surface area contributed by atoms with E-state index in [0.29, 0.717) is 21.8 Å². The summed E-state index contributed by atoms with van der Waals surface area (Å²) in [5, 5.41) is 1.30. The lowest BCUT2D eigenvalue weighted by molar-refractivity contribution is 0.245. The molecule has 0 aliphatic rings. The fraction of sp³-hybridized carbons (Fsp3) is 0. The lowest BCUT2D eigenvalue weighted by Crippen LogP contribution is -2.17. The van der Waals surface area contributed by atoms with E-state index in [2.05, 4.69) is 0 Å². The van der Waals surface area contributed by atoms with Gasteiger partial charge in [0.05, 0.1) is 11.0 Å². The number of nitrogens with zero attached hydrogens (tertiary/aromatic N) is 2. The van der Waals surface area contributed by atoms with Crippen LogP contribution >= 0.6 is 0 Å². The van der Waals surface area contributed by atoms with Crippen molar-refractivity contribution in [2.75, 3.05) is 0 Å². The van der Waals surface area contributed by atoms with Crippen LogP contribution in [0.2, 0.25) is 0 Å². The average Bonchev–Trinajstić information content (AvgIpc) is 3.09. The number of hydrogen-bond acceptors (Lipinski definition) is 1. The minimum atomic E-state index is -0.348. The minimum Gasteiger partial charge on any atom is -0.269 e. The first-order valence-electron chi connectivity index (χ1n) is 6.71. The van der Waals surface area contributed by atoms with Crippen LogP contribution in [-0.2, 0) is 0 Å². The summed E-state index contributed by atoms with van der Waals surface area (Å²) < 4.78 is 29.3. The maximum absolute atomic E-state index is 13.2. The zero-order valence-electron chi connectivity index (χ0n) is 11.3. The van der Waals surface area contributed by atoms with Gasteiger partial charge in [-0.25, -0.2) is 13.6 Å². The van der Waals surface area contributed by atoms with E-state index in [1.165, 1.54) is 33.4 Å². The molecule has 0 unspecified atom stereocenters. The summed E-state index contributed by atoms with van der Waals surface area (Å²) in [5.74, 6) is -0.695. The van der Waals surface area contributed by atoms with Gasteiger partial charge in [0.15, 0.2) is 0 Å². The van der Waals surface area contributed by atoms with E-state index >= 15 is 0 Å². The highest BCUT2D eigenvalue weighted by molar-refractivity contribution is 5.97. The number of fused-ring (bicyclic) bond motifs is 2. The van der Waals surface area contributed by atoms with Crippen LogP contribution in [-0.4, -0.2) is 15.2 Å². The third-order valence-electron chi connectivity index (χ3n) is 3.72. The summed E-state index contributed by atoms with van der Waals surface area (Å²) in [7, 11) is 0. The Morgan fingerprint density at radius 2 is 1.18 bits per heavy atom. The van der Waals surface area contributed by atoms with Gasteiger partial charge < -0.3 is 0 Å². The third-order valence-corrected chi connectivity index (χ3v) is 3.72. The largest absolute Gasteiger partial charge is 0.337 e. The highest BCUT2D eigenvalue weighted by Crippen LogP contribution is 2.21. The summed E-state index contributed by atoms with van der Waals surface area (Å²) >= 11 is 0. The van der Waals surface area contributed by atoms with Crippen LogP contribution in [0.4, 0.5) is 13.6 Å². The van der Waals surface area contributed by atoms with Gasteiger partial charge in [-0.3, -0.25) is 9.13 Å². The molecule has 0 radical (unpaired) electrons. The topological polar surface area (TPSA) is 26.9 Å². The quantitative estimate of drug-likeness (QED) is 0.473. The molecule has 0 aliphatic carbocycles. The summed E-state index contributed by atoms with van der Waals surface area (Å²) in [6, 6.07) is 11.6. The van der Waals surface area contributed by atoms with Crippen molar-refractivity contribution >= 4 is 27.8 Å². The second kappa shape index (κ2) is 4.53. The van der Waals surface area contributed by atoms with Crippen LogP contribution < -0.4 is 0 Å². The zero-order valence-corrected chi connectivity index (χ0v) is 11.3. The molecule has 0 aliphatic heterocycles. The highest BCUT2D eigenvalue weighted by atomic mass is 19.1. The Bertz CT molecular complexity index is 948. The molecule has 108 valence electrons. The predicted octanol–water partition coefficient (Wildman–Crippen LogP) is 4.39. The number of hydrogen-bond donors (Lipinski definition) is 0. The zero-order chi connectivity index (χ0) is 15.3. The minimum absolute atomic E-state index is 0.303. The van der Waals surface area contributed by atoms with Crippen molar-refractivity contribution in [2.45, 2.75) is 0 Å². The SMILES string of the molecule is O=C(n1ccc2cc(F)ccc21)n1ccc2cc(F)ccc21. The predicted molar refractivity (Wildman–Crippen MR) is 80.0 cm³/mol. The summed E-state index contributed by atoms with van der Waals surface area (Å²) in [6.45, 7) is 0. The maximum atomic E-state index is 13.2. The third kappa shape index (κ3) is 1.83. The molecule has 0 spiro atoms. The van der Waals surface area contributed by atoms with Gasteiger partial charge in [0.2, 0.25) is 0 Å². The molecule has 5 heteroatoms. The number of halogens is 2. The number of carbonyl (C=O) groups excluding carboxylic acids is 1. The van der Waals surface area contributed by atoms with Crippen molar-refractivity contribution < 1.29 is 13.6 Å². The Balaban J connectivity index is 1.88. The van der Waals surface area contributed by atoms with E-state index in [-0.39, 0.29) is 17.7 Å². The molecule has 0 N–H and O–H groups in total. The van der Waals surface area contributed by atoms with E-state index < -0.39 is 0 Å². The monoisotopic (exact) mass is 296 g/mol. The highest BCUT2D eigenvalue weighted by Gasteiger charge is 2.14. The van der Waals surface area contributed by atoms with Crippen molar-refractivity contribution in [1.29, 1.82) is 0 Å². The number of carbonyl (C=O) groups is 1. The molecule has 0 amide bonds. The van der Waals surface area contributed by atoms with E-state index in [1.54, 1.807) is 36.7 Å². The molecule has 0 bridgehead atoms. The Hall–Kier alpha value is -2.95. The molecule has 0 fully saturated rings. The fourth-order valence-corrected chi connectivity index (χ4v) is 2.68. The van der Waals surface area contributed by atoms with Crippen LogP contribution in [0, 0.1) is 11.6 Å². The molecule has 0 atom stereocenters. The van der Waals surface area contributed by atoms with Gasteiger partial charge in [-0.05, 0) is 48.5 Å². The molecule has 0 saturated heterocycles. The van der Waals surface area contributed by atoms with Crippen LogP contribution in [0.3, 0.4) is 0 Å². The van der Waals surface area contributed by atoms with Gasteiger partial charge in [-0.1, -0.05) is 0 Å². The van der Waals surface area contributed by atoms with Crippen molar-refractivity contribution in [3.05, 3.63) is 72.6 Å². The molecule has 0 saturated carbocycles. The normalized spacial score (nSPS) is 11.4. The van der Waals surface area contributed by atoms with Crippen molar-refractivity contribution in [3.63, 3.8) is 0 Å². The number of rotatable bonds is 0. The molecular weight excluding hydrogens is 286 g/mol. The first kappa shape index (κ1) is 12.8. The first-order valence-corrected chi connectivity index (χ1v) is 6.71. The molecule has 4 aromatic rings. The molecule has 3 nitrogen and oxygen atoms in total. The average molecular weight is 296 g/mol. The van der Waals surface area contributed by atoms with Crippen molar-refractivity contribution in [2.24, 2.45) is 0 Å². The maximum Gasteiger partial charge on any atom is 0.337 e. The van der Waals surface area contributed by atoms with E-state index in [0.717, 1.165) is 0 Å². The molecule has 2 aromatic carbocycles. The van der Waals surface area contributed by atoms with Gasteiger partial charge in [-0.2, -0.15) is 0 Å². The van der Waals surface area contributed by atoms with Crippen LogP contribution in [0.5, 0.6) is 0 Å². The van der Waals surface area contributed by atoms with E-state index in [4.69, 9.17) is 0 Å². The van der Waals surface area contributed by atoms with Gasteiger partial charge in [0.1, 0.15) is 11.6 Å². The van der Waals surface area contributed by atoms with Crippen molar-refractivity contribution in [3.8, 4) is 0 Å². The second-order valence-corrected chi connectivity index (χ2v) is 5.06. The second-order valence-electron chi connectivity index (χ2n) is 5.06. The summed E-state index contributed by atoms with van der Waals surface area (Å²) in [6.07, 6.45) is 3.20. The van der Waals surface area contributed by atoms with E-state index in [9.17, 15) is 13.6 Å². The Morgan fingerprint density at radius 3 is 1.64 bits per heavy atom. The smallest absolute Gasteiger partial charge is 0.269 e. The number of aromatic nitrogens is 2. The standard InChI is InChI=1S/C17H10F2N2O/c18-13-1-3-15-11(9-13)5-7-20(15)17(22)21-8-6-12-10-14(19)2-4-16(12)21/h1-10H. The molecule has 4 rings (SSSR count). The summed E-state index contributed by atoms with van der Waals surface area (Å²) in [4.78, 5) is 12.7. The van der Waals surface area contributed by atoms with E-state index in [1.807, 2.05) is 0 Å². The van der Waals surface area contributed by atoms with Crippen molar-refractivity contribution in [1.82, 2.24) is 9.13 Å². The summed E-state index contributed by atoms with van der Waals surface area (Å²) in [5.41, 5.74) is 1.24. The molecule has 2 heterocycles. The number of benzene rings is 2. The van der Waals surface area contributed by atoms with Gasteiger partial charge in [0.25, 0.3) is 0 Å². The Kier molecular flexibility index (Phi) is 2.63. The Morgan fingerprint density at radius 1 is 0.727 bits per heavy atom. The van der Waals surface area contributed by atoms with Crippen LogP contribution in [0.15, 0.2) is 60.9 Å². The van der Waals surface area contributed by atoms with Gasteiger partial charge >= 0.3 is 6.03 Å². The molecule has 22 heavy (non-hydrogen) atoms. The van der Waals surface area contributed by atoms with Gasteiger partial charge in [-0.15, -0.1) is 0 Å². The molecule has 2 aromatic heterocycles. The lowest BCUT2D eigenvalue weighted by Gasteiger charge is -2.06.